The molecule has 0 amide bonds. The number of aryl methyl sites for hydroxylation is 1. The first kappa shape index (κ1) is 28.1. The van der Waals surface area contributed by atoms with Crippen molar-refractivity contribution in [3.63, 3.8) is 0 Å². The molecule has 47 heavy (non-hydrogen) atoms. The Morgan fingerprint density at radius 1 is 0.511 bits per heavy atom. The van der Waals surface area contributed by atoms with E-state index in [4.69, 9.17) is 4.98 Å². The number of hydrogen-bond acceptors (Lipinski definition) is 1. The molecule has 1 aromatic heterocycles. The summed E-state index contributed by atoms with van der Waals surface area (Å²) < 4.78 is 0. The molecule has 0 saturated heterocycles. The van der Waals surface area contributed by atoms with Crippen LogP contribution < -0.4 is 0 Å². The van der Waals surface area contributed by atoms with Crippen LogP contribution in [0.4, 0.5) is 0 Å². The number of pyridine rings is 1. The van der Waals surface area contributed by atoms with Gasteiger partial charge in [0.1, 0.15) is 0 Å². The normalized spacial score (nSPS) is 13.2. The standard InChI is InChI=1S/C45H28N.Ir/c1-28-19-22-43-38(23-28)36(29-11-3-2-4-12-29)27-44(46-43)32-20-21-35-37-24-30-13-5-6-14-31(30)25-42(37)45(41(35)26-32)39-17-9-7-15-33(39)34-16-8-10-18-40(34)45;/h2-19,21-27H,1H3;/q-1;. The first-order valence-electron chi connectivity index (χ1n) is 16.0. The predicted octanol–water partition coefficient (Wildman–Crippen LogP) is 11.2. The first-order valence-corrected chi connectivity index (χ1v) is 16.0. The Labute approximate surface area is 287 Å². The van der Waals surface area contributed by atoms with Crippen molar-refractivity contribution in [2.75, 3.05) is 0 Å². The molecule has 1 spiro atoms. The molecule has 0 unspecified atom stereocenters. The maximum absolute atomic E-state index is 5.26. The van der Waals surface area contributed by atoms with Crippen LogP contribution in [0.3, 0.4) is 0 Å². The second kappa shape index (κ2) is 10.4. The van der Waals surface area contributed by atoms with Crippen molar-refractivity contribution in [2.45, 2.75) is 12.3 Å². The molecule has 0 atom stereocenters. The molecule has 8 aromatic rings. The Morgan fingerprint density at radius 3 is 1.89 bits per heavy atom. The average molecular weight is 775 g/mol. The van der Waals surface area contributed by atoms with E-state index in [1.807, 2.05) is 0 Å². The van der Waals surface area contributed by atoms with Crippen LogP contribution in [0.15, 0.2) is 152 Å². The van der Waals surface area contributed by atoms with E-state index < -0.39 is 5.41 Å². The largest absolute Gasteiger partial charge is 0.296 e. The zero-order chi connectivity index (χ0) is 30.4. The van der Waals surface area contributed by atoms with E-state index in [1.54, 1.807) is 0 Å². The van der Waals surface area contributed by atoms with E-state index in [0.29, 0.717) is 0 Å². The Kier molecular flexibility index (Phi) is 6.24. The van der Waals surface area contributed by atoms with Crippen LogP contribution in [0.25, 0.3) is 66.3 Å². The SMILES string of the molecule is Cc1ccc2nc(-c3[c-]cc4c(c3)C3(c5ccccc5-c5ccccc53)c3cc5ccccc5cc3-4)cc(-c3ccccc3)c2c1.[Ir]. The summed E-state index contributed by atoms with van der Waals surface area (Å²) in [4.78, 5) is 5.26. The Balaban J connectivity index is 0.00000302. The van der Waals surface area contributed by atoms with Gasteiger partial charge in [-0.3, -0.25) is 4.98 Å². The summed E-state index contributed by atoms with van der Waals surface area (Å²) in [6.07, 6.45) is 0. The van der Waals surface area contributed by atoms with Crippen molar-refractivity contribution in [1.82, 2.24) is 4.98 Å². The summed E-state index contributed by atoms with van der Waals surface area (Å²) in [6.45, 7) is 2.15. The molecule has 1 radical (unpaired) electrons. The zero-order valence-corrected chi connectivity index (χ0v) is 28.1. The Morgan fingerprint density at radius 2 is 1.15 bits per heavy atom. The molecule has 2 heteroatoms. The quantitative estimate of drug-likeness (QED) is 0.159. The summed E-state index contributed by atoms with van der Waals surface area (Å²) in [5.74, 6) is 0. The average Bonchev–Trinajstić information content (AvgIpc) is 3.57. The minimum Gasteiger partial charge on any atom is -0.296 e. The molecule has 223 valence electrons. The van der Waals surface area contributed by atoms with Crippen molar-refractivity contribution in [3.8, 4) is 44.6 Å². The number of benzene rings is 7. The van der Waals surface area contributed by atoms with E-state index >= 15 is 0 Å². The summed E-state index contributed by atoms with van der Waals surface area (Å²) in [5, 5.41) is 3.69. The van der Waals surface area contributed by atoms with Gasteiger partial charge in [-0.1, -0.05) is 138 Å². The fourth-order valence-electron chi connectivity index (χ4n) is 8.24. The molecule has 1 nitrogen and oxygen atoms in total. The van der Waals surface area contributed by atoms with Crippen molar-refractivity contribution >= 4 is 21.7 Å². The Hall–Kier alpha value is -5.14. The van der Waals surface area contributed by atoms with Crippen LogP contribution in [0, 0.1) is 13.0 Å². The second-order valence-corrected chi connectivity index (χ2v) is 12.7. The maximum Gasteiger partial charge on any atom is 0.0601 e. The predicted molar refractivity (Wildman–Crippen MR) is 190 cm³/mol. The van der Waals surface area contributed by atoms with Gasteiger partial charge in [-0.25, -0.2) is 0 Å². The van der Waals surface area contributed by atoms with Gasteiger partial charge >= 0.3 is 0 Å². The molecule has 0 saturated carbocycles. The third-order valence-corrected chi connectivity index (χ3v) is 10.2. The number of hydrogen-bond donors (Lipinski definition) is 0. The molecule has 0 aliphatic heterocycles. The van der Waals surface area contributed by atoms with Gasteiger partial charge in [-0.05, 0) is 80.5 Å². The van der Waals surface area contributed by atoms with Crippen LogP contribution >= 0.6 is 0 Å². The summed E-state index contributed by atoms with van der Waals surface area (Å²) in [5.41, 5.74) is 16.6. The zero-order valence-electron chi connectivity index (χ0n) is 25.7. The van der Waals surface area contributed by atoms with E-state index in [9.17, 15) is 0 Å². The summed E-state index contributed by atoms with van der Waals surface area (Å²) >= 11 is 0. The first-order chi connectivity index (χ1) is 22.7. The van der Waals surface area contributed by atoms with Gasteiger partial charge in [-0.15, -0.1) is 29.3 Å². The monoisotopic (exact) mass is 775 g/mol. The number of nitrogens with zero attached hydrogens (tertiary/aromatic N) is 1. The number of rotatable bonds is 2. The molecule has 2 aliphatic carbocycles. The molecule has 2 aliphatic rings. The van der Waals surface area contributed by atoms with E-state index in [1.165, 1.54) is 77.4 Å². The molecule has 0 fully saturated rings. The smallest absolute Gasteiger partial charge is 0.0601 e. The van der Waals surface area contributed by atoms with Crippen molar-refractivity contribution in [2.24, 2.45) is 0 Å². The van der Waals surface area contributed by atoms with Crippen molar-refractivity contribution in [3.05, 3.63) is 186 Å². The van der Waals surface area contributed by atoms with Crippen LogP contribution in [-0.2, 0) is 25.5 Å². The number of aromatic nitrogens is 1. The third-order valence-electron chi connectivity index (χ3n) is 10.2. The maximum atomic E-state index is 5.26. The molecule has 7 aromatic carbocycles. The summed E-state index contributed by atoms with van der Waals surface area (Å²) in [6, 6.07) is 59.4. The van der Waals surface area contributed by atoms with Crippen LogP contribution in [0.5, 0.6) is 0 Å². The van der Waals surface area contributed by atoms with Crippen LogP contribution in [0.1, 0.15) is 27.8 Å². The molecular formula is C45H28IrN-. The van der Waals surface area contributed by atoms with Gasteiger partial charge < -0.3 is 0 Å². The molecule has 0 N–H and O–H groups in total. The second-order valence-electron chi connectivity index (χ2n) is 12.7. The molecule has 10 rings (SSSR count). The molecule has 1 heterocycles. The van der Waals surface area contributed by atoms with Gasteiger partial charge in [0.2, 0.25) is 0 Å². The topological polar surface area (TPSA) is 12.9 Å². The van der Waals surface area contributed by atoms with E-state index in [-0.39, 0.29) is 20.1 Å². The molecule has 0 bridgehead atoms. The van der Waals surface area contributed by atoms with Gasteiger partial charge in [-0.2, -0.15) is 0 Å². The fourth-order valence-corrected chi connectivity index (χ4v) is 8.24. The van der Waals surface area contributed by atoms with Gasteiger partial charge in [0.05, 0.1) is 10.9 Å². The van der Waals surface area contributed by atoms with E-state index in [0.717, 1.165) is 16.8 Å². The third kappa shape index (κ3) is 3.90. The Bertz CT molecular complexity index is 2500. The minimum absolute atomic E-state index is 0. The van der Waals surface area contributed by atoms with Gasteiger partial charge in [0.25, 0.3) is 0 Å². The van der Waals surface area contributed by atoms with Crippen molar-refractivity contribution in [1.29, 1.82) is 0 Å². The van der Waals surface area contributed by atoms with Crippen molar-refractivity contribution < 1.29 is 20.1 Å². The van der Waals surface area contributed by atoms with E-state index in [2.05, 4.69) is 165 Å². The minimum atomic E-state index is -0.429. The number of fused-ring (bicyclic) bond motifs is 12. The van der Waals surface area contributed by atoms with Crippen LogP contribution in [-0.4, -0.2) is 4.98 Å². The summed E-state index contributed by atoms with van der Waals surface area (Å²) in [7, 11) is 0. The van der Waals surface area contributed by atoms with Gasteiger partial charge in [0, 0.05) is 25.5 Å². The van der Waals surface area contributed by atoms with Crippen LogP contribution in [0.2, 0.25) is 0 Å². The molecular weight excluding hydrogens is 747 g/mol. The van der Waals surface area contributed by atoms with Gasteiger partial charge in [0.15, 0.2) is 0 Å². The fraction of sp³-hybridized carbons (Fsp3) is 0.0444.